The molecular weight excluding hydrogens is 314 g/mol. The van der Waals surface area contributed by atoms with E-state index in [1.54, 1.807) is 0 Å². The van der Waals surface area contributed by atoms with Gasteiger partial charge in [0, 0.05) is 28.5 Å². The van der Waals surface area contributed by atoms with Gasteiger partial charge in [-0.2, -0.15) is 0 Å². The van der Waals surface area contributed by atoms with Crippen molar-refractivity contribution in [2.75, 3.05) is 12.4 Å². The Hall–Kier alpha value is -0.540. The number of alkyl halides is 1. The SMILES string of the molecule is Cc1cc(Br)ccc1C(=O)N(CCCl)C1CCC1. The summed E-state index contributed by atoms with van der Waals surface area (Å²) in [5, 5.41) is 0. The van der Waals surface area contributed by atoms with Crippen LogP contribution in [0.25, 0.3) is 0 Å². The molecular formula is C14H17BrClNO. The minimum atomic E-state index is 0.116. The van der Waals surface area contributed by atoms with Crippen molar-refractivity contribution >= 4 is 33.4 Å². The molecule has 0 aromatic heterocycles. The maximum Gasteiger partial charge on any atom is 0.254 e. The van der Waals surface area contributed by atoms with Crippen molar-refractivity contribution in [2.24, 2.45) is 0 Å². The highest BCUT2D eigenvalue weighted by atomic mass is 79.9. The third-order valence-corrected chi connectivity index (χ3v) is 4.18. The second-order valence-corrected chi connectivity index (χ2v) is 6.03. The minimum Gasteiger partial charge on any atom is -0.334 e. The molecule has 1 fully saturated rings. The van der Waals surface area contributed by atoms with Gasteiger partial charge in [0.05, 0.1) is 0 Å². The molecule has 0 radical (unpaired) electrons. The Bertz CT molecular complexity index is 445. The second kappa shape index (κ2) is 6.07. The van der Waals surface area contributed by atoms with Crippen molar-refractivity contribution in [1.29, 1.82) is 0 Å². The van der Waals surface area contributed by atoms with Crippen molar-refractivity contribution < 1.29 is 4.79 Å². The van der Waals surface area contributed by atoms with E-state index < -0.39 is 0 Å². The molecule has 0 unspecified atom stereocenters. The summed E-state index contributed by atoms with van der Waals surface area (Å²) < 4.78 is 1.00. The molecule has 0 spiro atoms. The van der Waals surface area contributed by atoms with Gasteiger partial charge in [-0.15, -0.1) is 11.6 Å². The van der Waals surface area contributed by atoms with Crippen LogP contribution in [0.4, 0.5) is 0 Å². The molecule has 0 bridgehead atoms. The van der Waals surface area contributed by atoms with Gasteiger partial charge < -0.3 is 4.90 Å². The average Bonchev–Trinajstić information content (AvgIpc) is 2.25. The molecule has 1 aliphatic rings. The highest BCUT2D eigenvalue weighted by Crippen LogP contribution is 2.27. The van der Waals surface area contributed by atoms with Gasteiger partial charge in [0.2, 0.25) is 0 Å². The van der Waals surface area contributed by atoms with Gasteiger partial charge in [-0.1, -0.05) is 15.9 Å². The van der Waals surface area contributed by atoms with Crippen LogP contribution in [0.3, 0.4) is 0 Å². The van der Waals surface area contributed by atoms with Crippen LogP contribution in [0.5, 0.6) is 0 Å². The van der Waals surface area contributed by atoms with Crippen molar-refractivity contribution in [1.82, 2.24) is 4.90 Å². The number of aryl methyl sites for hydroxylation is 1. The third kappa shape index (κ3) is 2.89. The maximum atomic E-state index is 12.6. The molecule has 0 aliphatic heterocycles. The van der Waals surface area contributed by atoms with Crippen LogP contribution in [0.1, 0.15) is 35.2 Å². The van der Waals surface area contributed by atoms with Gasteiger partial charge in [0.15, 0.2) is 0 Å². The largest absolute Gasteiger partial charge is 0.334 e. The fourth-order valence-corrected chi connectivity index (χ4v) is 2.92. The number of carbonyl (C=O) groups excluding carboxylic acids is 1. The molecule has 1 saturated carbocycles. The third-order valence-electron chi connectivity index (χ3n) is 3.52. The molecule has 18 heavy (non-hydrogen) atoms. The van der Waals surface area contributed by atoms with Crippen molar-refractivity contribution in [3.8, 4) is 0 Å². The molecule has 2 nitrogen and oxygen atoms in total. The van der Waals surface area contributed by atoms with Crippen molar-refractivity contribution in [3.63, 3.8) is 0 Å². The quantitative estimate of drug-likeness (QED) is 0.764. The molecule has 1 aromatic carbocycles. The Morgan fingerprint density at radius 1 is 1.50 bits per heavy atom. The standard InChI is InChI=1S/C14H17BrClNO/c1-10-9-11(15)5-6-13(10)14(18)17(8-7-16)12-3-2-4-12/h5-6,9,12H,2-4,7-8H2,1H3. The number of carbonyl (C=O) groups is 1. The van der Waals surface area contributed by atoms with Crippen LogP contribution in [-0.2, 0) is 0 Å². The summed E-state index contributed by atoms with van der Waals surface area (Å²) in [5.74, 6) is 0.614. The highest BCUT2D eigenvalue weighted by Gasteiger charge is 2.29. The van der Waals surface area contributed by atoms with E-state index in [0.29, 0.717) is 18.5 Å². The minimum absolute atomic E-state index is 0.116. The van der Waals surface area contributed by atoms with Gasteiger partial charge in [-0.25, -0.2) is 0 Å². The molecule has 2 rings (SSSR count). The monoisotopic (exact) mass is 329 g/mol. The molecule has 98 valence electrons. The summed E-state index contributed by atoms with van der Waals surface area (Å²) in [7, 11) is 0. The van der Waals surface area contributed by atoms with Gasteiger partial charge in [-0.3, -0.25) is 4.79 Å². The van der Waals surface area contributed by atoms with E-state index in [2.05, 4.69) is 15.9 Å². The van der Waals surface area contributed by atoms with Crippen LogP contribution in [-0.4, -0.2) is 29.3 Å². The fraction of sp³-hybridized carbons (Fsp3) is 0.500. The zero-order valence-corrected chi connectivity index (χ0v) is 12.8. The van der Waals surface area contributed by atoms with Gasteiger partial charge >= 0.3 is 0 Å². The average molecular weight is 331 g/mol. The Labute approximate surface area is 121 Å². The van der Waals surface area contributed by atoms with Crippen molar-refractivity contribution in [3.05, 3.63) is 33.8 Å². The lowest BCUT2D eigenvalue weighted by atomic mass is 9.90. The van der Waals surface area contributed by atoms with Crippen LogP contribution >= 0.6 is 27.5 Å². The molecule has 0 N–H and O–H groups in total. The van der Waals surface area contributed by atoms with Crippen LogP contribution in [0.15, 0.2) is 22.7 Å². The normalized spacial score (nSPS) is 15.3. The fourth-order valence-electron chi connectivity index (χ4n) is 2.26. The Morgan fingerprint density at radius 2 is 2.22 bits per heavy atom. The first-order chi connectivity index (χ1) is 8.63. The summed E-state index contributed by atoms with van der Waals surface area (Å²) in [6.45, 7) is 2.61. The number of hydrogen-bond donors (Lipinski definition) is 0. The molecule has 1 amide bonds. The van der Waals surface area contributed by atoms with Gasteiger partial charge in [0.1, 0.15) is 0 Å². The summed E-state index contributed by atoms with van der Waals surface area (Å²) >= 11 is 9.24. The Morgan fingerprint density at radius 3 is 2.72 bits per heavy atom. The molecule has 0 atom stereocenters. The zero-order chi connectivity index (χ0) is 13.1. The molecule has 4 heteroatoms. The number of amides is 1. The Balaban J connectivity index is 2.21. The lowest BCUT2D eigenvalue weighted by Crippen LogP contribution is -2.45. The first-order valence-electron chi connectivity index (χ1n) is 6.26. The van der Waals surface area contributed by atoms with Crippen LogP contribution in [0.2, 0.25) is 0 Å². The first kappa shape index (κ1) is 13.9. The van der Waals surface area contributed by atoms with E-state index in [1.807, 2.05) is 30.0 Å². The van der Waals surface area contributed by atoms with E-state index in [0.717, 1.165) is 28.4 Å². The predicted octanol–water partition coefficient (Wildman–Crippen LogP) is 3.99. The number of benzene rings is 1. The summed E-state index contributed by atoms with van der Waals surface area (Å²) in [4.78, 5) is 14.5. The van der Waals surface area contributed by atoms with E-state index in [4.69, 9.17) is 11.6 Å². The van der Waals surface area contributed by atoms with E-state index in [9.17, 15) is 4.79 Å². The Kier molecular flexibility index (Phi) is 4.68. The lowest BCUT2D eigenvalue weighted by molar-refractivity contribution is 0.0597. The summed E-state index contributed by atoms with van der Waals surface area (Å²) in [6, 6.07) is 6.17. The van der Waals surface area contributed by atoms with Crippen LogP contribution in [0, 0.1) is 6.92 Å². The number of rotatable bonds is 4. The smallest absolute Gasteiger partial charge is 0.254 e. The number of hydrogen-bond acceptors (Lipinski definition) is 1. The molecule has 0 saturated heterocycles. The van der Waals surface area contributed by atoms with E-state index >= 15 is 0 Å². The predicted molar refractivity (Wildman–Crippen MR) is 78.3 cm³/mol. The van der Waals surface area contributed by atoms with Gasteiger partial charge in [0.25, 0.3) is 5.91 Å². The van der Waals surface area contributed by atoms with Crippen LogP contribution < -0.4 is 0 Å². The maximum absolute atomic E-state index is 12.6. The first-order valence-corrected chi connectivity index (χ1v) is 7.59. The molecule has 0 heterocycles. The van der Waals surface area contributed by atoms with E-state index in [1.165, 1.54) is 6.42 Å². The lowest BCUT2D eigenvalue weighted by Gasteiger charge is -2.37. The highest BCUT2D eigenvalue weighted by molar-refractivity contribution is 9.10. The topological polar surface area (TPSA) is 20.3 Å². The summed E-state index contributed by atoms with van der Waals surface area (Å²) in [6.07, 6.45) is 3.44. The van der Waals surface area contributed by atoms with E-state index in [-0.39, 0.29) is 5.91 Å². The summed E-state index contributed by atoms with van der Waals surface area (Å²) in [5.41, 5.74) is 1.79. The molecule has 1 aromatic rings. The molecule has 1 aliphatic carbocycles. The number of halogens is 2. The van der Waals surface area contributed by atoms with Crippen molar-refractivity contribution in [2.45, 2.75) is 32.2 Å². The zero-order valence-electron chi connectivity index (χ0n) is 10.5. The number of nitrogens with zero attached hydrogens (tertiary/aromatic N) is 1. The second-order valence-electron chi connectivity index (χ2n) is 4.73. The van der Waals surface area contributed by atoms with Gasteiger partial charge in [-0.05, 0) is 49.9 Å².